The third kappa shape index (κ3) is 3.48. The predicted molar refractivity (Wildman–Crippen MR) is 68.7 cm³/mol. The normalized spacial score (nSPS) is 29.5. The monoisotopic (exact) mass is 342 g/mol. The van der Waals surface area contributed by atoms with Gasteiger partial charge in [0.2, 0.25) is 0 Å². The first kappa shape index (κ1) is 14.3. The van der Waals surface area contributed by atoms with Gasteiger partial charge in [-0.05, 0) is 53.7 Å². The van der Waals surface area contributed by atoms with E-state index in [9.17, 15) is 18.3 Å². The molecular formula is C12H14BrF3OS. The van der Waals surface area contributed by atoms with Gasteiger partial charge in [0, 0.05) is 11.3 Å². The van der Waals surface area contributed by atoms with E-state index in [4.69, 9.17) is 0 Å². The summed E-state index contributed by atoms with van der Waals surface area (Å²) >= 11 is 4.86. The molecule has 1 aromatic rings. The standard InChI is InChI=1S/C12H14BrF3OS/c13-10-2-1-9(18-10)7-11(17)5-3-8(4-6-11)12(14,15)16/h1-2,8,17H,3-7H2. The van der Waals surface area contributed by atoms with E-state index in [1.54, 1.807) is 0 Å². The van der Waals surface area contributed by atoms with E-state index in [1.165, 1.54) is 11.3 Å². The molecule has 1 aliphatic rings. The summed E-state index contributed by atoms with van der Waals surface area (Å²) in [6, 6.07) is 3.80. The van der Waals surface area contributed by atoms with E-state index in [1.807, 2.05) is 12.1 Å². The van der Waals surface area contributed by atoms with Crippen LogP contribution in [0.1, 0.15) is 30.6 Å². The molecule has 0 spiro atoms. The van der Waals surface area contributed by atoms with Crippen molar-refractivity contribution in [3.8, 4) is 0 Å². The molecule has 2 rings (SSSR count). The molecule has 0 bridgehead atoms. The Labute approximate surface area is 116 Å². The number of rotatable bonds is 2. The summed E-state index contributed by atoms with van der Waals surface area (Å²) in [4.78, 5) is 1.01. The van der Waals surface area contributed by atoms with E-state index >= 15 is 0 Å². The lowest BCUT2D eigenvalue weighted by Crippen LogP contribution is -2.39. The molecule has 0 amide bonds. The molecule has 0 unspecified atom stereocenters. The first-order valence-corrected chi connectivity index (χ1v) is 7.43. The zero-order valence-corrected chi connectivity index (χ0v) is 12.0. The molecule has 1 saturated carbocycles. The Bertz CT molecular complexity index is 408. The van der Waals surface area contributed by atoms with Gasteiger partial charge in [-0.3, -0.25) is 0 Å². The fourth-order valence-corrected chi connectivity index (χ4v) is 4.05. The maximum atomic E-state index is 12.5. The van der Waals surface area contributed by atoms with Crippen LogP contribution in [0.3, 0.4) is 0 Å². The van der Waals surface area contributed by atoms with Gasteiger partial charge in [0.25, 0.3) is 0 Å². The number of alkyl halides is 3. The van der Waals surface area contributed by atoms with Crippen LogP contribution in [0, 0.1) is 5.92 Å². The molecule has 102 valence electrons. The van der Waals surface area contributed by atoms with Crippen molar-refractivity contribution in [2.75, 3.05) is 0 Å². The molecule has 6 heteroatoms. The lowest BCUT2D eigenvalue weighted by Gasteiger charge is -2.36. The number of hydrogen-bond acceptors (Lipinski definition) is 2. The predicted octanol–water partition coefficient (Wildman–Crippen LogP) is 4.54. The molecule has 1 fully saturated rings. The van der Waals surface area contributed by atoms with Crippen molar-refractivity contribution in [1.29, 1.82) is 0 Å². The van der Waals surface area contributed by atoms with Crippen molar-refractivity contribution in [1.82, 2.24) is 0 Å². The smallest absolute Gasteiger partial charge is 0.390 e. The van der Waals surface area contributed by atoms with Crippen molar-refractivity contribution in [3.63, 3.8) is 0 Å². The van der Waals surface area contributed by atoms with Crippen LogP contribution in [-0.2, 0) is 6.42 Å². The Morgan fingerprint density at radius 3 is 2.39 bits per heavy atom. The Balaban J connectivity index is 1.95. The molecular weight excluding hydrogens is 329 g/mol. The van der Waals surface area contributed by atoms with E-state index < -0.39 is 17.7 Å². The average molecular weight is 343 g/mol. The summed E-state index contributed by atoms with van der Waals surface area (Å²) in [6.07, 6.45) is -3.14. The number of aliphatic hydroxyl groups is 1. The summed E-state index contributed by atoms with van der Waals surface area (Å²) in [7, 11) is 0. The first-order chi connectivity index (χ1) is 8.28. The molecule has 0 saturated heterocycles. The molecule has 1 aromatic heterocycles. The second kappa shape index (κ2) is 5.13. The quantitative estimate of drug-likeness (QED) is 0.836. The van der Waals surface area contributed by atoms with Gasteiger partial charge in [-0.15, -0.1) is 11.3 Å². The molecule has 1 nitrogen and oxygen atoms in total. The van der Waals surface area contributed by atoms with Crippen molar-refractivity contribution in [2.24, 2.45) is 5.92 Å². The fourth-order valence-electron chi connectivity index (χ4n) is 2.43. The van der Waals surface area contributed by atoms with Gasteiger partial charge in [0.15, 0.2) is 0 Å². The minimum absolute atomic E-state index is 0.0343. The number of thiophene rings is 1. The minimum atomic E-state index is -4.12. The summed E-state index contributed by atoms with van der Waals surface area (Å²) in [5.74, 6) is -1.24. The third-order valence-electron chi connectivity index (χ3n) is 3.51. The zero-order chi connectivity index (χ0) is 13.4. The van der Waals surface area contributed by atoms with Crippen molar-refractivity contribution < 1.29 is 18.3 Å². The molecule has 1 heterocycles. The van der Waals surface area contributed by atoms with E-state index in [0.29, 0.717) is 6.42 Å². The molecule has 1 N–H and O–H groups in total. The van der Waals surface area contributed by atoms with Gasteiger partial charge < -0.3 is 5.11 Å². The Morgan fingerprint density at radius 2 is 1.94 bits per heavy atom. The molecule has 18 heavy (non-hydrogen) atoms. The van der Waals surface area contributed by atoms with Crippen LogP contribution < -0.4 is 0 Å². The average Bonchev–Trinajstić information content (AvgIpc) is 2.62. The second-order valence-electron chi connectivity index (χ2n) is 4.92. The SMILES string of the molecule is OC1(Cc2ccc(Br)s2)CCC(C(F)(F)F)CC1. The Kier molecular flexibility index (Phi) is 4.09. The fraction of sp³-hybridized carbons (Fsp3) is 0.667. The molecule has 1 aliphatic carbocycles. The van der Waals surface area contributed by atoms with Crippen molar-refractivity contribution >= 4 is 27.3 Å². The van der Waals surface area contributed by atoms with Gasteiger partial charge in [0.1, 0.15) is 0 Å². The summed E-state index contributed by atoms with van der Waals surface area (Å²) in [6.45, 7) is 0. The van der Waals surface area contributed by atoms with Gasteiger partial charge in [-0.2, -0.15) is 13.2 Å². The van der Waals surface area contributed by atoms with Crippen LogP contribution in [0.5, 0.6) is 0 Å². The third-order valence-corrected chi connectivity index (χ3v) is 5.14. The highest BCUT2D eigenvalue weighted by Gasteiger charge is 2.45. The second-order valence-corrected chi connectivity index (χ2v) is 7.47. The molecule has 0 aliphatic heterocycles. The number of hydrogen-bond donors (Lipinski definition) is 1. The Hall–Kier alpha value is -0.0700. The summed E-state index contributed by atoms with van der Waals surface area (Å²) in [5, 5.41) is 10.3. The Morgan fingerprint density at radius 1 is 1.33 bits per heavy atom. The van der Waals surface area contributed by atoms with E-state index in [2.05, 4.69) is 15.9 Å². The highest BCUT2D eigenvalue weighted by atomic mass is 79.9. The maximum Gasteiger partial charge on any atom is 0.391 e. The van der Waals surface area contributed by atoms with Crippen LogP contribution in [0.4, 0.5) is 13.2 Å². The van der Waals surface area contributed by atoms with E-state index in [-0.39, 0.29) is 25.7 Å². The van der Waals surface area contributed by atoms with Crippen LogP contribution >= 0.6 is 27.3 Å². The highest BCUT2D eigenvalue weighted by molar-refractivity contribution is 9.11. The highest BCUT2D eigenvalue weighted by Crippen LogP contribution is 2.42. The molecule has 0 atom stereocenters. The summed E-state index contributed by atoms with van der Waals surface area (Å²) in [5.41, 5.74) is -0.966. The van der Waals surface area contributed by atoms with Gasteiger partial charge in [-0.25, -0.2) is 0 Å². The minimum Gasteiger partial charge on any atom is -0.390 e. The van der Waals surface area contributed by atoms with Crippen LogP contribution in [-0.4, -0.2) is 16.9 Å². The van der Waals surface area contributed by atoms with Gasteiger partial charge in [0.05, 0.1) is 15.3 Å². The van der Waals surface area contributed by atoms with Crippen LogP contribution in [0.15, 0.2) is 15.9 Å². The van der Waals surface area contributed by atoms with Crippen LogP contribution in [0.2, 0.25) is 0 Å². The molecule has 0 aromatic carbocycles. The maximum absolute atomic E-state index is 12.5. The lowest BCUT2D eigenvalue weighted by atomic mass is 9.76. The van der Waals surface area contributed by atoms with Crippen molar-refractivity contribution in [2.45, 2.75) is 43.9 Å². The lowest BCUT2D eigenvalue weighted by molar-refractivity contribution is -0.192. The molecule has 0 radical (unpaired) electrons. The van der Waals surface area contributed by atoms with E-state index in [0.717, 1.165) is 8.66 Å². The number of halogens is 4. The van der Waals surface area contributed by atoms with Gasteiger partial charge >= 0.3 is 6.18 Å². The topological polar surface area (TPSA) is 20.2 Å². The summed E-state index contributed by atoms with van der Waals surface area (Å²) < 4.78 is 38.6. The van der Waals surface area contributed by atoms with Crippen LogP contribution in [0.25, 0.3) is 0 Å². The largest absolute Gasteiger partial charge is 0.391 e. The zero-order valence-electron chi connectivity index (χ0n) is 9.63. The first-order valence-electron chi connectivity index (χ1n) is 5.82. The van der Waals surface area contributed by atoms with Crippen molar-refractivity contribution in [3.05, 3.63) is 20.8 Å². The van der Waals surface area contributed by atoms with Gasteiger partial charge in [-0.1, -0.05) is 0 Å².